The summed E-state index contributed by atoms with van der Waals surface area (Å²) >= 11 is 37.2. The highest BCUT2D eigenvalue weighted by Crippen LogP contribution is 2.46. The molecule has 3 aromatic carbocycles. The Kier molecular flexibility index (Phi) is 11.3. The van der Waals surface area contributed by atoms with Crippen LogP contribution in [0.4, 0.5) is 16.2 Å². The topological polar surface area (TPSA) is 101 Å². The Morgan fingerprint density at radius 1 is 0.804 bits per heavy atom. The first-order valence-electron chi connectivity index (χ1n) is 13.6. The molecule has 3 N–H and O–H groups in total. The lowest BCUT2D eigenvalue weighted by atomic mass is 9.84. The van der Waals surface area contributed by atoms with Gasteiger partial charge in [-0.3, -0.25) is 10.1 Å². The molecule has 1 heterocycles. The number of hydrogen-bond acceptors (Lipinski definition) is 6. The maximum atomic E-state index is 13.3. The van der Waals surface area contributed by atoms with Crippen LogP contribution in [-0.2, 0) is 10.2 Å². The summed E-state index contributed by atoms with van der Waals surface area (Å²) in [5, 5.41) is 7.70. The Morgan fingerprint density at radius 3 is 1.85 bits per heavy atom. The predicted molar refractivity (Wildman–Crippen MR) is 185 cm³/mol. The van der Waals surface area contributed by atoms with Gasteiger partial charge in [0.05, 0.1) is 7.11 Å². The zero-order valence-electron chi connectivity index (χ0n) is 24.9. The number of hydrogen-bond donors (Lipinski definition) is 3. The lowest BCUT2D eigenvalue weighted by Gasteiger charge is -2.30. The van der Waals surface area contributed by atoms with Crippen molar-refractivity contribution in [1.82, 2.24) is 10.6 Å². The van der Waals surface area contributed by atoms with Gasteiger partial charge in [-0.25, -0.2) is 4.79 Å². The number of amides is 3. The minimum absolute atomic E-state index is 0.00235. The van der Waals surface area contributed by atoms with Crippen LogP contribution < -0.4 is 35.1 Å². The van der Waals surface area contributed by atoms with Crippen LogP contribution in [0, 0.1) is 0 Å². The Bertz CT molecular complexity index is 1590. The van der Waals surface area contributed by atoms with Gasteiger partial charge in [0.1, 0.15) is 5.75 Å². The molecule has 0 saturated carbocycles. The Labute approximate surface area is 296 Å². The summed E-state index contributed by atoms with van der Waals surface area (Å²) in [5.41, 5.74) is 2.73. The number of anilines is 2. The van der Waals surface area contributed by atoms with E-state index < -0.39 is 37.4 Å². The number of likely N-dealkylation sites (N-methyl/N-ethyl adjacent to an activating group) is 1. The number of ether oxygens (including phenoxy) is 3. The van der Waals surface area contributed by atoms with Crippen molar-refractivity contribution in [3.63, 3.8) is 0 Å². The molecule has 0 spiro atoms. The second-order valence-corrected chi connectivity index (χ2v) is 15.3. The van der Waals surface area contributed by atoms with Crippen molar-refractivity contribution in [3.8, 4) is 17.2 Å². The maximum Gasteiger partial charge on any atom is 0.322 e. The number of benzene rings is 3. The first-order chi connectivity index (χ1) is 21.5. The number of methoxy groups -OCH3 is 1. The number of allylic oxidation sites excluding steroid dienone is 1. The molecule has 1 aliphatic rings. The number of rotatable bonds is 9. The molecule has 46 heavy (non-hydrogen) atoms. The number of urea groups is 1. The second kappa shape index (κ2) is 14.5. The Hall–Kier alpha value is -2.92. The van der Waals surface area contributed by atoms with Crippen LogP contribution in [0.2, 0.25) is 0 Å². The smallest absolute Gasteiger partial charge is 0.322 e. The van der Waals surface area contributed by atoms with Gasteiger partial charge in [-0.2, -0.15) is 0 Å². The van der Waals surface area contributed by atoms with Crippen molar-refractivity contribution in [2.45, 2.75) is 39.3 Å². The van der Waals surface area contributed by atoms with E-state index in [2.05, 4.69) is 16.0 Å². The van der Waals surface area contributed by atoms with E-state index in [9.17, 15) is 9.59 Å². The lowest BCUT2D eigenvalue weighted by Crippen LogP contribution is -2.50. The fourth-order valence-corrected chi connectivity index (χ4v) is 5.36. The molecule has 0 unspecified atom stereocenters. The zero-order valence-corrected chi connectivity index (χ0v) is 29.5. The second-order valence-electron chi connectivity index (χ2n) is 10.6. The maximum absolute atomic E-state index is 13.3. The molecule has 0 aliphatic carbocycles. The summed E-state index contributed by atoms with van der Waals surface area (Å²) < 4.78 is 12.7. The highest BCUT2D eigenvalue weighted by atomic mass is 35.6. The number of fused-ring (bicyclic) bond motifs is 1. The van der Waals surface area contributed by atoms with E-state index >= 15 is 0 Å². The van der Waals surface area contributed by atoms with Gasteiger partial charge < -0.3 is 29.7 Å². The van der Waals surface area contributed by atoms with Crippen molar-refractivity contribution >= 4 is 92.9 Å². The molecule has 0 aromatic heterocycles. The zero-order chi connectivity index (χ0) is 33.9. The average Bonchev–Trinajstić information content (AvgIpc) is 3.17. The average molecular weight is 751 g/mol. The van der Waals surface area contributed by atoms with Gasteiger partial charge in [0.2, 0.25) is 25.9 Å². The van der Waals surface area contributed by atoms with Crippen LogP contribution in [0.5, 0.6) is 17.2 Å². The molecule has 2 atom stereocenters. The van der Waals surface area contributed by atoms with Gasteiger partial charge >= 0.3 is 6.03 Å². The molecule has 246 valence electrons. The number of halogens is 6. The molecular weight excluding hydrogens is 721 g/mol. The molecular formula is C31H30Cl6N4O5. The van der Waals surface area contributed by atoms with E-state index in [0.717, 1.165) is 16.9 Å². The number of para-hydroxylation sites is 3. The summed E-state index contributed by atoms with van der Waals surface area (Å²) in [6, 6.07) is 19.9. The third-order valence-corrected chi connectivity index (χ3v) is 8.21. The molecule has 3 amide bonds. The Morgan fingerprint density at radius 2 is 1.33 bits per heavy atom. The molecule has 4 rings (SSSR count). The van der Waals surface area contributed by atoms with E-state index in [1.54, 1.807) is 36.4 Å². The molecule has 0 radical (unpaired) electrons. The van der Waals surface area contributed by atoms with Crippen LogP contribution >= 0.6 is 69.6 Å². The molecule has 0 bridgehead atoms. The summed E-state index contributed by atoms with van der Waals surface area (Å²) in [6.45, 7) is 4.02. The SMILES string of the molecule is COc1ccc(NC(=O)N[C@H](Oc2ccccc2O[C@@H](NC(=O)/C=C2\N(C)c3ccccc3C2(C)C)C(Cl)(Cl)Cl)C(Cl)(Cl)Cl)cc1. The first kappa shape index (κ1) is 35.9. The standard InChI is InChI=1S/C31H30Cl6N4O5/c1-29(2)20-9-5-6-10-21(20)41(3)24(29)17-25(42)39-26(30(32,33)34)45-22-11-7-8-12-23(22)46-27(31(35,36)37)40-28(43)38-18-13-15-19(44-4)16-14-18/h5-17,26-27H,1-4H3,(H,39,42)(H2,38,40,43)/b24-17-/t26-,27-/m1/s1. The first-order valence-corrected chi connectivity index (χ1v) is 15.9. The number of nitrogens with one attached hydrogen (secondary N) is 3. The number of nitrogens with zero attached hydrogens (tertiary/aromatic N) is 1. The van der Waals surface area contributed by atoms with Crippen LogP contribution in [0.1, 0.15) is 19.4 Å². The third-order valence-electron chi connectivity index (χ3n) is 7.03. The molecule has 1 aliphatic heterocycles. The minimum Gasteiger partial charge on any atom is -0.497 e. The molecule has 0 saturated heterocycles. The van der Waals surface area contributed by atoms with Gasteiger partial charge in [-0.15, -0.1) is 0 Å². The normalized spacial score (nSPS) is 16.2. The summed E-state index contributed by atoms with van der Waals surface area (Å²) in [7, 11) is 3.39. The largest absolute Gasteiger partial charge is 0.497 e. The van der Waals surface area contributed by atoms with E-state index in [0.29, 0.717) is 11.4 Å². The number of alkyl halides is 6. The van der Waals surface area contributed by atoms with Crippen molar-refractivity contribution in [1.29, 1.82) is 0 Å². The van der Waals surface area contributed by atoms with Crippen molar-refractivity contribution < 1.29 is 23.8 Å². The van der Waals surface area contributed by atoms with Crippen molar-refractivity contribution in [2.24, 2.45) is 0 Å². The van der Waals surface area contributed by atoms with Crippen LogP contribution in [0.3, 0.4) is 0 Å². The quantitative estimate of drug-likeness (QED) is 0.116. The minimum atomic E-state index is -2.14. The number of carbonyl (C=O) groups is 2. The monoisotopic (exact) mass is 748 g/mol. The van der Waals surface area contributed by atoms with E-state index in [4.69, 9.17) is 83.8 Å². The third kappa shape index (κ3) is 8.70. The summed E-state index contributed by atoms with van der Waals surface area (Å²) in [6.07, 6.45) is -1.59. The predicted octanol–water partition coefficient (Wildman–Crippen LogP) is 8.09. The van der Waals surface area contributed by atoms with E-state index in [1.165, 1.54) is 25.3 Å². The van der Waals surface area contributed by atoms with Crippen molar-refractivity contribution in [3.05, 3.63) is 90.1 Å². The lowest BCUT2D eigenvalue weighted by molar-refractivity contribution is -0.119. The molecule has 9 nitrogen and oxygen atoms in total. The summed E-state index contributed by atoms with van der Waals surface area (Å²) in [5.74, 6) is 0.0384. The highest BCUT2D eigenvalue weighted by Gasteiger charge is 2.41. The molecule has 15 heteroatoms. The van der Waals surface area contributed by atoms with Crippen LogP contribution in [0.25, 0.3) is 0 Å². The van der Waals surface area contributed by atoms with Crippen LogP contribution in [-0.4, -0.2) is 46.1 Å². The van der Waals surface area contributed by atoms with Gasteiger partial charge in [0, 0.05) is 35.6 Å². The van der Waals surface area contributed by atoms with E-state index in [1.807, 2.05) is 50.1 Å². The van der Waals surface area contributed by atoms with Gasteiger partial charge in [-0.05, 0) is 48.0 Å². The Balaban J connectivity index is 1.51. The highest BCUT2D eigenvalue weighted by molar-refractivity contribution is 6.68. The summed E-state index contributed by atoms with van der Waals surface area (Å²) in [4.78, 5) is 28.0. The number of carbonyl (C=O) groups excluding carboxylic acids is 2. The van der Waals surface area contributed by atoms with Gasteiger partial charge in [0.25, 0.3) is 0 Å². The van der Waals surface area contributed by atoms with Gasteiger partial charge in [0.15, 0.2) is 11.5 Å². The van der Waals surface area contributed by atoms with Crippen LogP contribution in [0.15, 0.2) is 84.6 Å². The fourth-order valence-electron chi connectivity index (χ4n) is 4.77. The molecule has 0 fully saturated rings. The van der Waals surface area contributed by atoms with E-state index in [-0.39, 0.29) is 11.5 Å². The molecule has 3 aromatic rings. The van der Waals surface area contributed by atoms with Gasteiger partial charge in [-0.1, -0.05) is 114 Å². The van der Waals surface area contributed by atoms with Crippen molar-refractivity contribution in [2.75, 3.05) is 24.4 Å². The fraction of sp³-hybridized carbons (Fsp3) is 0.290.